The van der Waals surface area contributed by atoms with Gasteiger partial charge in [0.15, 0.2) is 0 Å². The second-order valence-electron chi connectivity index (χ2n) is 3.72. The van der Waals surface area contributed by atoms with Gasteiger partial charge in [-0.05, 0) is 26.8 Å². The Hall–Kier alpha value is -1.82. The number of hydrogen-bond acceptors (Lipinski definition) is 6. The Balaban J connectivity index is 2.46. The normalized spacial score (nSPS) is 12.8. The van der Waals surface area contributed by atoms with E-state index in [2.05, 4.69) is 20.4 Å². The molecule has 2 aromatic rings. The molecule has 1 unspecified atom stereocenters. The van der Waals surface area contributed by atoms with Crippen LogP contribution < -0.4 is 5.73 Å². The van der Waals surface area contributed by atoms with Crippen LogP contribution in [-0.4, -0.2) is 20.4 Å². The van der Waals surface area contributed by atoms with Crippen molar-refractivity contribution in [1.82, 2.24) is 20.4 Å². The second-order valence-corrected chi connectivity index (χ2v) is 3.72. The van der Waals surface area contributed by atoms with Crippen LogP contribution in [0.4, 0.5) is 0 Å². The summed E-state index contributed by atoms with van der Waals surface area (Å²) < 4.78 is 5.45. The average molecular weight is 219 g/mol. The summed E-state index contributed by atoms with van der Waals surface area (Å²) in [4.78, 5) is 0. The van der Waals surface area contributed by atoms with E-state index in [9.17, 15) is 0 Å². The Morgan fingerprint density at radius 3 is 2.56 bits per heavy atom. The molecule has 2 heterocycles. The van der Waals surface area contributed by atoms with Crippen LogP contribution in [0.15, 0.2) is 10.5 Å². The van der Waals surface area contributed by atoms with Crippen molar-refractivity contribution in [3.05, 3.63) is 23.3 Å². The third kappa shape index (κ3) is 1.92. The third-order valence-corrected chi connectivity index (χ3v) is 2.16. The lowest BCUT2D eigenvalue weighted by Gasteiger charge is -2.00. The number of aromatic nitrogens is 4. The highest BCUT2D eigenvalue weighted by Crippen LogP contribution is 2.22. The summed E-state index contributed by atoms with van der Waals surface area (Å²) in [6.45, 7) is 5.50. The molecular weight excluding hydrogens is 206 g/mol. The van der Waals surface area contributed by atoms with Crippen molar-refractivity contribution >= 4 is 0 Å². The molecule has 0 spiro atoms. The first-order valence-corrected chi connectivity index (χ1v) is 4.98. The van der Waals surface area contributed by atoms with Gasteiger partial charge < -0.3 is 10.2 Å². The van der Waals surface area contributed by atoms with Gasteiger partial charge in [-0.1, -0.05) is 0 Å². The zero-order chi connectivity index (χ0) is 11.7. The van der Waals surface area contributed by atoms with E-state index in [-0.39, 0.29) is 6.04 Å². The van der Waals surface area contributed by atoms with Gasteiger partial charge >= 0.3 is 0 Å². The van der Waals surface area contributed by atoms with Crippen LogP contribution in [0, 0.1) is 13.8 Å². The maximum absolute atomic E-state index is 5.65. The second kappa shape index (κ2) is 3.97. The predicted molar refractivity (Wildman–Crippen MR) is 57.4 cm³/mol. The zero-order valence-corrected chi connectivity index (χ0v) is 9.43. The molecule has 84 valence electrons. The molecule has 0 amide bonds. The number of hydrogen-bond donors (Lipinski definition) is 1. The van der Waals surface area contributed by atoms with E-state index in [4.69, 9.17) is 10.2 Å². The Labute approximate surface area is 92.9 Å². The molecule has 0 fully saturated rings. The van der Waals surface area contributed by atoms with E-state index in [1.807, 2.05) is 19.9 Å². The first-order chi connectivity index (χ1) is 7.58. The molecule has 0 aliphatic carbocycles. The van der Waals surface area contributed by atoms with Crippen LogP contribution >= 0.6 is 0 Å². The minimum absolute atomic E-state index is 0.266. The number of rotatable bonds is 2. The molecule has 0 aliphatic rings. The third-order valence-electron chi connectivity index (χ3n) is 2.16. The number of nitrogens with two attached hydrogens (primary N) is 1. The summed E-state index contributed by atoms with van der Waals surface area (Å²) >= 11 is 0. The summed E-state index contributed by atoms with van der Waals surface area (Å²) in [7, 11) is 0. The fraction of sp³-hybridized carbons (Fsp3) is 0.400. The van der Waals surface area contributed by atoms with E-state index < -0.39 is 0 Å². The fourth-order valence-electron chi connectivity index (χ4n) is 1.29. The molecule has 0 radical (unpaired) electrons. The Morgan fingerprint density at radius 1 is 1.19 bits per heavy atom. The Morgan fingerprint density at radius 2 is 1.94 bits per heavy atom. The minimum atomic E-state index is -0.266. The van der Waals surface area contributed by atoms with Gasteiger partial charge in [-0.25, -0.2) is 0 Å². The molecule has 16 heavy (non-hydrogen) atoms. The van der Waals surface area contributed by atoms with Crippen molar-refractivity contribution < 1.29 is 4.42 Å². The van der Waals surface area contributed by atoms with Crippen molar-refractivity contribution in [1.29, 1.82) is 0 Å². The Bertz CT molecular complexity index is 506. The first kappa shape index (κ1) is 10.7. The largest absolute Gasteiger partial charge is 0.419 e. The fourth-order valence-corrected chi connectivity index (χ4v) is 1.29. The summed E-state index contributed by atoms with van der Waals surface area (Å²) in [6.07, 6.45) is 0. The van der Waals surface area contributed by atoms with E-state index >= 15 is 0 Å². The van der Waals surface area contributed by atoms with Crippen LogP contribution in [0.2, 0.25) is 0 Å². The summed E-state index contributed by atoms with van der Waals surface area (Å²) in [5.41, 5.74) is 8.01. The minimum Gasteiger partial charge on any atom is -0.419 e. The zero-order valence-electron chi connectivity index (χ0n) is 9.43. The topological polar surface area (TPSA) is 90.7 Å². The van der Waals surface area contributed by atoms with Gasteiger partial charge in [0.1, 0.15) is 0 Å². The molecule has 0 aliphatic heterocycles. The summed E-state index contributed by atoms with van der Waals surface area (Å²) in [5, 5.41) is 15.8. The highest BCUT2D eigenvalue weighted by atomic mass is 16.4. The monoisotopic (exact) mass is 219 g/mol. The molecule has 6 heteroatoms. The van der Waals surface area contributed by atoms with Crippen molar-refractivity contribution in [2.24, 2.45) is 5.73 Å². The van der Waals surface area contributed by atoms with Crippen LogP contribution in [0.5, 0.6) is 0 Å². The molecule has 2 rings (SSSR count). The molecular formula is C10H13N5O. The van der Waals surface area contributed by atoms with Gasteiger partial charge in [0, 0.05) is 0 Å². The van der Waals surface area contributed by atoms with E-state index in [0.29, 0.717) is 11.8 Å². The Kier molecular flexibility index (Phi) is 2.66. The van der Waals surface area contributed by atoms with Crippen molar-refractivity contribution in [2.45, 2.75) is 26.8 Å². The molecule has 6 nitrogen and oxygen atoms in total. The van der Waals surface area contributed by atoms with Crippen LogP contribution in [-0.2, 0) is 0 Å². The molecule has 0 saturated carbocycles. The van der Waals surface area contributed by atoms with Crippen LogP contribution in [0.1, 0.15) is 30.2 Å². The molecule has 2 aromatic heterocycles. The molecule has 2 N–H and O–H groups in total. The molecule has 1 atom stereocenters. The number of nitrogens with zero attached hydrogens (tertiary/aromatic N) is 4. The standard InChI is InChI=1S/C10H13N5O/c1-5-4-8(7(3)13-12-5)10-15-14-9(16-10)6(2)11/h4,6H,11H2,1-3H3. The first-order valence-electron chi connectivity index (χ1n) is 4.98. The smallest absolute Gasteiger partial charge is 0.249 e. The van der Waals surface area contributed by atoms with Gasteiger partial charge in [0.05, 0.1) is 23.0 Å². The van der Waals surface area contributed by atoms with Crippen molar-refractivity contribution in [2.75, 3.05) is 0 Å². The lowest BCUT2D eigenvalue weighted by atomic mass is 10.2. The molecule has 0 aromatic carbocycles. The van der Waals surface area contributed by atoms with Gasteiger partial charge in [-0.15, -0.1) is 10.2 Å². The van der Waals surface area contributed by atoms with Crippen LogP contribution in [0.25, 0.3) is 11.5 Å². The maximum atomic E-state index is 5.65. The van der Waals surface area contributed by atoms with E-state index in [1.165, 1.54) is 0 Å². The SMILES string of the molecule is Cc1cc(-c2nnc(C(C)N)o2)c(C)nn1. The quantitative estimate of drug-likeness (QED) is 0.815. The summed E-state index contributed by atoms with van der Waals surface area (Å²) in [6, 6.07) is 1.60. The maximum Gasteiger partial charge on any atom is 0.249 e. The number of aryl methyl sites for hydroxylation is 2. The highest BCUT2D eigenvalue weighted by Gasteiger charge is 2.14. The van der Waals surface area contributed by atoms with Gasteiger partial charge in [0.25, 0.3) is 0 Å². The highest BCUT2D eigenvalue weighted by molar-refractivity contribution is 5.55. The van der Waals surface area contributed by atoms with Gasteiger partial charge in [-0.3, -0.25) is 0 Å². The summed E-state index contributed by atoms with van der Waals surface area (Å²) in [5.74, 6) is 0.853. The van der Waals surface area contributed by atoms with E-state index in [1.54, 1.807) is 6.92 Å². The lowest BCUT2D eigenvalue weighted by Crippen LogP contribution is -2.04. The van der Waals surface area contributed by atoms with E-state index in [0.717, 1.165) is 17.0 Å². The molecule has 0 saturated heterocycles. The van der Waals surface area contributed by atoms with Crippen molar-refractivity contribution in [3.63, 3.8) is 0 Å². The van der Waals surface area contributed by atoms with Gasteiger partial charge in [-0.2, -0.15) is 10.2 Å². The predicted octanol–water partition coefficient (Wildman–Crippen LogP) is 1.16. The van der Waals surface area contributed by atoms with Gasteiger partial charge in [0.2, 0.25) is 11.8 Å². The van der Waals surface area contributed by atoms with Crippen LogP contribution in [0.3, 0.4) is 0 Å². The molecule has 0 bridgehead atoms. The lowest BCUT2D eigenvalue weighted by molar-refractivity contribution is 0.473. The average Bonchev–Trinajstić information content (AvgIpc) is 2.70. The van der Waals surface area contributed by atoms with Crippen molar-refractivity contribution in [3.8, 4) is 11.5 Å².